The lowest BCUT2D eigenvalue weighted by Crippen LogP contribution is -2.42. The first kappa shape index (κ1) is 12.2. The molecule has 2 unspecified atom stereocenters. The highest BCUT2D eigenvalue weighted by molar-refractivity contribution is 5.50. The van der Waals surface area contributed by atoms with E-state index in [4.69, 9.17) is 10.5 Å². The lowest BCUT2D eigenvalue weighted by molar-refractivity contribution is 0.338. The van der Waals surface area contributed by atoms with Crippen molar-refractivity contribution in [2.24, 2.45) is 5.73 Å². The number of nitrogens with two attached hydrogens (primary N) is 1. The van der Waals surface area contributed by atoms with Crippen molar-refractivity contribution in [1.29, 1.82) is 0 Å². The molecule has 1 saturated carbocycles. The van der Waals surface area contributed by atoms with E-state index in [1.54, 1.807) is 6.20 Å². The number of aromatic nitrogens is 1. The van der Waals surface area contributed by atoms with Crippen molar-refractivity contribution in [3.05, 3.63) is 18.3 Å². The van der Waals surface area contributed by atoms with Gasteiger partial charge in [-0.05, 0) is 31.9 Å². The Morgan fingerprint density at radius 2 is 2.29 bits per heavy atom. The van der Waals surface area contributed by atoms with Crippen LogP contribution in [0.4, 0.5) is 5.82 Å². The molecule has 1 aliphatic rings. The molecule has 0 aliphatic heterocycles. The van der Waals surface area contributed by atoms with Crippen molar-refractivity contribution in [2.75, 3.05) is 11.9 Å². The first-order chi connectivity index (χ1) is 8.31. The van der Waals surface area contributed by atoms with Crippen LogP contribution in [0.3, 0.4) is 0 Å². The van der Waals surface area contributed by atoms with Crippen molar-refractivity contribution < 1.29 is 4.74 Å². The van der Waals surface area contributed by atoms with Gasteiger partial charge in [0.25, 0.3) is 0 Å². The van der Waals surface area contributed by atoms with Crippen LogP contribution in [0.2, 0.25) is 0 Å². The Labute approximate surface area is 103 Å². The summed E-state index contributed by atoms with van der Waals surface area (Å²) in [6.45, 7) is 2.63. The van der Waals surface area contributed by atoms with Crippen LogP contribution in [-0.2, 0) is 0 Å². The Hall–Kier alpha value is -1.29. The summed E-state index contributed by atoms with van der Waals surface area (Å²) in [6, 6.07) is 4.36. The molecular formula is C13H21N3O. The van der Waals surface area contributed by atoms with E-state index in [1.165, 1.54) is 12.8 Å². The zero-order chi connectivity index (χ0) is 12.1. The van der Waals surface area contributed by atoms with Crippen molar-refractivity contribution >= 4 is 5.82 Å². The van der Waals surface area contributed by atoms with Crippen LogP contribution in [0, 0.1) is 0 Å². The third-order valence-corrected chi connectivity index (χ3v) is 3.21. The second-order valence-electron chi connectivity index (χ2n) is 4.48. The van der Waals surface area contributed by atoms with Gasteiger partial charge in [-0.2, -0.15) is 0 Å². The number of nitrogens with zero attached hydrogens (tertiary/aromatic N) is 1. The number of pyridine rings is 1. The summed E-state index contributed by atoms with van der Waals surface area (Å²) in [5, 5.41) is 3.42. The van der Waals surface area contributed by atoms with Crippen LogP contribution in [0.1, 0.15) is 32.6 Å². The van der Waals surface area contributed by atoms with Crippen molar-refractivity contribution in [3.63, 3.8) is 0 Å². The van der Waals surface area contributed by atoms with Gasteiger partial charge >= 0.3 is 0 Å². The predicted octanol–water partition coefficient (Wildman–Crippen LogP) is 2.16. The molecule has 0 radical (unpaired) electrons. The number of anilines is 1. The second-order valence-corrected chi connectivity index (χ2v) is 4.48. The van der Waals surface area contributed by atoms with Crippen LogP contribution in [0.15, 0.2) is 18.3 Å². The van der Waals surface area contributed by atoms with Crippen molar-refractivity contribution in [1.82, 2.24) is 4.98 Å². The van der Waals surface area contributed by atoms with Crippen LogP contribution >= 0.6 is 0 Å². The van der Waals surface area contributed by atoms with E-state index in [0.29, 0.717) is 12.6 Å². The molecule has 1 fully saturated rings. The first-order valence-electron chi connectivity index (χ1n) is 6.41. The minimum absolute atomic E-state index is 0.222. The molecule has 2 rings (SSSR count). The summed E-state index contributed by atoms with van der Waals surface area (Å²) in [6.07, 6.45) is 6.46. The van der Waals surface area contributed by atoms with E-state index >= 15 is 0 Å². The summed E-state index contributed by atoms with van der Waals surface area (Å²) in [4.78, 5) is 4.33. The number of ether oxygens (including phenoxy) is 1. The molecule has 1 heterocycles. The van der Waals surface area contributed by atoms with Gasteiger partial charge in [-0.1, -0.05) is 12.8 Å². The van der Waals surface area contributed by atoms with Crippen LogP contribution in [0.25, 0.3) is 0 Å². The van der Waals surface area contributed by atoms with Gasteiger partial charge in [0.15, 0.2) is 11.6 Å². The highest BCUT2D eigenvalue weighted by Crippen LogP contribution is 2.25. The summed E-state index contributed by atoms with van der Waals surface area (Å²) in [5.74, 6) is 1.63. The third kappa shape index (κ3) is 3.09. The molecule has 94 valence electrons. The lowest BCUT2D eigenvalue weighted by Gasteiger charge is -2.30. The predicted molar refractivity (Wildman–Crippen MR) is 69.3 cm³/mol. The number of hydrogen-bond acceptors (Lipinski definition) is 4. The van der Waals surface area contributed by atoms with Crippen LogP contribution in [0.5, 0.6) is 5.75 Å². The Morgan fingerprint density at radius 1 is 1.47 bits per heavy atom. The Bertz CT molecular complexity index is 356. The second kappa shape index (κ2) is 5.87. The first-order valence-corrected chi connectivity index (χ1v) is 6.41. The summed E-state index contributed by atoms with van der Waals surface area (Å²) < 4.78 is 5.55. The van der Waals surface area contributed by atoms with Gasteiger partial charge < -0.3 is 15.8 Å². The van der Waals surface area contributed by atoms with Gasteiger partial charge in [-0.15, -0.1) is 0 Å². The van der Waals surface area contributed by atoms with Crippen molar-refractivity contribution in [2.45, 2.75) is 44.7 Å². The van der Waals surface area contributed by atoms with Gasteiger partial charge in [0.05, 0.1) is 6.61 Å². The maximum Gasteiger partial charge on any atom is 0.169 e. The van der Waals surface area contributed by atoms with Crippen molar-refractivity contribution in [3.8, 4) is 5.75 Å². The fraction of sp³-hybridized carbons (Fsp3) is 0.615. The highest BCUT2D eigenvalue weighted by atomic mass is 16.5. The smallest absolute Gasteiger partial charge is 0.169 e. The molecule has 1 aromatic heterocycles. The topological polar surface area (TPSA) is 60.2 Å². The normalized spacial score (nSPS) is 24.4. The third-order valence-electron chi connectivity index (χ3n) is 3.21. The van der Waals surface area contributed by atoms with Gasteiger partial charge in [0.1, 0.15) is 0 Å². The van der Waals surface area contributed by atoms with E-state index < -0.39 is 0 Å². The van der Waals surface area contributed by atoms with Crippen LogP contribution in [-0.4, -0.2) is 23.7 Å². The minimum Gasteiger partial charge on any atom is -0.490 e. The van der Waals surface area contributed by atoms with Crippen LogP contribution < -0.4 is 15.8 Å². The molecule has 17 heavy (non-hydrogen) atoms. The number of rotatable bonds is 4. The average molecular weight is 235 g/mol. The molecule has 1 aromatic rings. The number of hydrogen-bond donors (Lipinski definition) is 2. The van der Waals surface area contributed by atoms with E-state index in [9.17, 15) is 0 Å². The largest absolute Gasteiger partial charge is 0.490 e. The lowest BCUT2D eigenvalue weighted by atomic mass is 9.91. The Morgan fingerprint density at radius 3 is 3.06 bits per heavy atom. The Balaban J connectivity index is 2.06. The van der Waals surface area contributed by atoms with E-state index in [-0.39, 0.29) is 6.04 Å². The fourth-order valence-electron chi connectivity index (χ4n) is 2.29. The maximum atomic E-state index is 6.12. The average Bonchev–Trinajstić information content (AvgIpc) is 2.35. The molecule has 0 amide bonds. The van der Waals surface area contributed by atoms with Gasteiger partial charge in [0, 0.05) is 18.3 Å². The standard InChI is InChI=1S/C13H21N3O/c1-2-17-12-8-5-9-15-13(12)16-11-7-4-3-6-10(11)14/h5,8-11H,2-4,6-7,14H2,1H3,(H,15,16). The molecule has 2 atom stereocenters. The monoisotopic (exact) mass is 235 g/mol. The van der Waals surface area contributed by atoms with E-state index in [2.05, 4.69) is 10.3 Å². The summed E-state index contributed by atoms with van der Waals surface area (Å²) in [5.41, 5.74) is 6.12. The molecule has 4 heteroatoms. The molecule has 0 saturated heterocycles. The van der Waals surface area contributed by atoms with Gasteiger partial charge in [-0.3, -0.25) is 0 Å². The summed E-state index contributed by atoms with van der Waals surface area (Å²) >= 11 is 0. The quantitative estimate of drug-likeness (QED) is 0.839. The van der Waals surface area contributed by atoms with E-state index in [0.717, 1.165) is 24.4 Å². The molecular weight excluding hydrogens is 214 g/mol. The zero-order valence-electron chi connectivity index (χ0n) is 10.4. The molecule has 0 aromatic carbocycles. The zero-order valence-corrected chi connectivity index (χ0v) is 10.4. The van der Waals surface area contributed by atoms with E-state index in [1.807, 2.05) is 19.1 Å². The fourth-order valence-corrected chi connectivity index (χ4v) is 2.29. The maximum absolute atomic E-state index is 6.12. The SMILES string of the molecule is CCOc1cccnc1NC1CCCCC1N. The molecule has 3 N–H and O–H groups in total. The molecule has 4 nitrogen and oxygen atoms in total. The minimum atomic E-state index is 0.222. The number of nitrogens with one attached hydrogen (secondary N) is 1. The highest BCUT2D eigenvalue weighted by Gasteiger charge is 2.22. The molecule has 1 aliphatic carbocycles. The summed E-state index contributed by atoms with van der Waals surface area (Å²) in [7, 11) is 0. The van der Waals surface area contributed by atoms with Gasteiger partial charge in [0.2, 0.25) is 0 Å². The molecule has 0 bridgehead atoms. The van der Waals surface area contributed by atoms with Gasteiger partial charge in [-0.25, -0.2) is 4.98 Å². The molecule has 0 spiro atoms. The Kier molecular flexibility index (Phi) is 4.20.